The molecule has 0 radical (unpaired) electrons. The highest BCUT2D eigenvalue weighted by molar-refractivity contribution is 7.99. The highest BCUT2D eigenvalue weighted by atomic mass is 35.5. The van der Waals surface area contributed by atoms with Gasteiger partial charge in [-0.1, -0.05) is 23.4 Å². The van der Waals surface area contributed by atoms with Gasteiger partial charge in [-0.25, -0.2) is 9.37 Å². The Morgan fingerprint density at radius 1 is 1.30 bits per heavy atom. The van der Waals surface area contributed by atoms with E-state index in [1.807, 2.05) is 4.57 Å². The summed E-state index contributed by atoms with van der Waals surface area (Å²) in [4.78, 5) is 16.3. The van der Waals surface area contributed by atoms with Crippen molar-refractivity contribution >= 4 is 35.0 Å². The van der Waals surface area contributed by atoms with Crippen molar-refractivity contribution in [2.45, 2.75) is 30.6 Å². The van der Waals surface area contributed by atoms with Crippen molar-refractivity contribution < 1.29 is 13.9 Å². The average molecular weight is 448 g/mol. The fourth-order valence-electron chi connectivity index (χ4n) is 3.16. The van der Waals surface area contributed by atoms with Crippen LogP contribution in [-0.2, 0) is 16.1 Å². The predicted octanol–water partition coefficient (Wildman–Crippen LogP) is 4.04. The Morgan fingerprint density at radius 2 is 2.13 bits per heavy atom. The summed E-state index contributed by atoms with van der Waals surface area (Å²) in [5, 5.41) is 12.1. The van der Waals surface area contributed by atoms with Crippen molar-refractivity contribution in [3.63, 3.8) is 0 Å². The third kappa shape index (κ3) is 4.97. The lowest BCUT2D eigenvalue weighted by Gasteiger charge is -2.14. The summed E-state index contributed by atoms with van der Waals surface area (Å²) in [7, 11) is 0. The first-order chi connectivity index (χ1) is 14.6. The first-order valence-electron chi connectivity index (χ1n) is 9.44. The molecule has 7 nitrogen and oxygen atoms in total. The monoisotopic (exact) mass is 447 g/mol. The van der Waals surface area contributed by atoms with Crippen LogP contribution >= 0.6 is 23.4 Å². The summed E-state index contributed by atoms with van der Waals surface area (Å²) >= 11 is 7.25. The molecule has 1 saturated heterocycles. The van der Waals surface area contributed by atoms with Gasteiger partial charge in [-0.2, -0.15) is 0 Å². The van der Waals surface area contributed by atoms with Crippen LogP contribution in [0.5, 0.6) is 0 Å². The minimum Gasteiger partial charge on any atom is -0.376 e. The number of carbonyl (C=O) groups is 1. The second kappa shape index (κ2) is 9.55. The van der Waals surface area contributed by atoms with Crippen LogP contribution in [0.25, 0.3) is 11.4 Å². The lowest BCUT2D eigenvalue weighted by atomic mass is 10.2. The van der Waals surface area contributed by atoms with E-state index in [1.165, 1.54) is 23.9 Å². The maximum atomic E-state index is 13.3. The third-order valence-electron chi connectivity index (χ3n) is 4.60. The summed E-state index contributed by atoms with van der Waals surface area (Å²) in [6, 6.07) is 9.48. The van der Waals surface area contributed by atoms with Gasteiger partial charge in [0.1, 0.15) is 5.82 Å². The summed E-state index contributed by atoms with van der Waals surface area (Å²) in [6.07, 6.45) is 3.57. The molecule has 2 aromatic heterocycles. The molecule has 1 N–H and O–H groups in total. The molecule has 1 fully saturated rings. The van der Waals surface area contributed by atoms with Crippen LogP contribution in [0.3, 0.4) is 0 Å². The van der Waals surface area contributed by atoms with Gasteiger partial charge in [0.25, 0.3) is 0 Å². The van der Waals surface area contributed by atoms with Crippen molar-refractivity contribution in [3.05, 3.63) is 53.6 Å². The Kier molecular flexibility index (Phi) is 6.61. The number of benzene rings is 1. The van der Waals surface area contributed by atoms with E-state index in [0.29, 0.717) is 23.2 Å². The molecule has 3 aromatic rings. The van der Waals surface area contributed by atoms with E-state index in [1.54, 1.807) is 30.5 Å². The Bertz CT molecular complexity index is 1020. The number of halogens is 2. The van der Waals surface area contributed by atoms with Gasteiger partial charge >= 0.3 is 0 Å². The molecule has 1 amide bonds. The van der Waals surface area contributed by atoms with Gasteiger partial charge in [-0.3, -0.25) is 9.36 Å². The summed E-state index contributed by atoms with van der Waals surface area (Å²) in [6.45, 7) is 1.30. The van der Waals surface area contributed by atoms with Crippen LogP contribution < -0.4 is 5.32 Å². The van der Waals surface area contributed by atoms with Gasteiger partial charge in [0.2, 0.25) is 5.91 Å². The standard InChI is InChI=1S/C20H19ClFN5O2S/c21-18-16(4-1-9-23-18)24-17(28)12-30-20-26-25-19(13-5-7-14(22)8-6-13)27(20)11-15-3-2-10-29-15/h1,4-9,15H,2-3,10-12H2,(H,24,28)/t15-/m0/s1. The molecule has 156 valence electrons. The van der Waals surface area contributed by atoms with Crippen LogP contribution in [0.2, 0.25) is 5.15 Å². The molecule has 30 heavy (non-hydrogen) atoms. The summed E-state index contributed by atoms with van der Waals surface area (Å²) in [5.41, 5.74) is 1.21. The zero-order valence-electron chi connectivity index (χ0n) is 15.9. The van der Waals surface area contributed by atoms with E-state index >= 15 is 0 Å². The highest BCUT2D eigenvalue weighted by Gasteiger charge is 2.22. The molecule has 0 bridgehead atoms. The van der Waals surface area contributed by atoms with Gasteiger partial charge in [-0.05, 0) is 49.2 Å². The smallest absolute Gasteiger partial charge is 0.234 e. The molecular formula is C20H19ClFN5O2S. The Hall–Kier alpha value is -2.49. The van der Waals surface area contributed by atoms with Gasteiger partial charge < -0.3 is 10.1 Å². The summed E-state index contributed by atoms with van der Waals surface area (Å²) in [5.74, 6) is 0.191. The van der Waals surface area contributed by atoms with Gasteiger partial charge in [0, 0.05) is 18.4 Å². The zero-order chi connectivity index (χ0) is 20.9. The fourth-order valence-corrected chi connectivity index (χ4v) is 4.07. The minimum absolute atomic E-state index is 0.0579. The van der Waals surface area contributed by atoms with Crippen molar-refractivity contribution in [3.8, 4) is 11.4 Å². The van der Waals surface area contributed by atoms with Crippen molar-refractivity contribution in [2.24, 2.45) is 0 Å². The minimum atomic E-state index is -0.315. The van der Waals surface area contributed by atoms with E-state index < -0.39 is 0 Å². The van der Waals surface area contributed by atoms with Crippen LogP contribution in [0.15, 0.2) is 47.8 Å². The Morgan fingerprint density at radius 3 is 2.87 bits per heavy atom. The predicted molar refractivity (Wildman–Crippen MR) is 113 cm³/mol. The number of hydrogen-bond donors (Lipinski definition) is 1. The van der Waals surface area contributed by atoms with E-state index in [-0.39, 0.29) is 28.7 Å². The van der Waals surface area contributed by atoms with Gasteiger partial charge in [0.05, 0.1) is 24.1 Å². The molecule has 10 heteroatoms. The first kappa shape index (κ1) is 20.8. The first-order valence-corrected chi connectivity index (χ1v) is 10.8. The maximum Gasteiger partial charge on any atom is 0.234 e. The Balaban J connectivity index is 1.51. The number of ether oxygens (including phenoxy) is 1. The maximum absolute atomic E-state index is 13.3. The number of nitrogens with one attached hydrogen (secondary N) is 1. The fraction of sp³-hybridized carbons (Fsp3) is 0.300. The molecular weight excluding hydrogens is 429 g/mol. The van der Waals surface area contributed by atoms with Crippen LogP contribution in [0.4, 0.5) is 10.1 Å². The van der Waals surface area contributed by atoms with E-state index in [0.717, 1.165) is 25.0 Å². The van der Waals surface area contributed by atoms with Crippen molar-refractivity contribution in [2.75, 3.05) is 17.7 Å². The Labute approximate surface area is 182 Å². The number of nitrogens with zero attached hydrogens (tertiary/aromatic N) is 4. The zero-order valence-corrected chi connectivity index (χ0v) is 17.5. The molecule has 4 rings (SSSR count). The number of thioether (sulfide) groups is 1. The molecule has 1 aliphatic rings. The number of carbonyl (C=O) groups excluding carboxylic acids is 1. The molecule has 1 aromatic carbocycles. The van der Waals surface area contributed by atoms with E-state index in [4.69, 9.17) is 16.3 Å². The quantitative estimate of drug-likeness (QED) is 0.434. The average Bonchev–Trinajstić information content (AvgIpc) is 3.39. The second-order valence-corrected chi connectivity index (χ2v) is 8.04. The number of pyridine rings is 1. The number of aromatic nitrogens is 4. The molecule has 0 unspecified atom stereocenters. The summed E-state index contributed by atoms with van der Waals surface area (Å²) < 4.78 is 21.0. The SMILES string of the molecule is O=C(CSc1nnc(-c2ccc(F)cc2)n1C[C@@H]1CCCO1)Nc1cccnc1Cl. The highest BCUT2D eigenvalue weighted by Crippen LogP contribution is 2.27. The van der Waals surface area contributed by atoms with Crippen molar-refractivity contribution in [1.29, 1.82) is 0 Å². The molecule has 0 aliphatic carbocycles. The topological polar surface area (TPSA) is 81.9 Å². The van der Waals surface area contributed by atoms with Crippen molar-refractivity contribution in [1.82, 2.24) is 19.7 Å². The third-order valence-corrected chi connectivity index (χ3v) is 5.86. The van der Waals surface area contributed by atoms with E-state index in [2.05, 4.69) is 20.5 Å². The lowest BCUT2D eigenvalue weighted by molar-refractivity contribution is -0.113. The lowest BCUT2D eigenvalue weighted by Crippen LogP contribution is -2.18. The van der Waals surface area contributed by atoms with Crippen LogP contribution in [0.1, 0.15) is 12.8 Å². The molecule has 1 aliphatic heterocycles. The molecule has 3 heterocycles. The van der Waals surface area contributed by atoms with Gasteiger partial charge in [-0.15, -0.1) is 10.2 Å². The number of rotatable bonds is 7. The molecule has 0 saturated carbocycles. The van der Waals surface area contributed by atoms with Crippen LogP contribution in [-0.4, -0.2) is 44.1 Å². The molecule has 1 atom stereocenters. The van der Waals surface area contributed by atoms with Gasteiger partial charge in [0.15, 0.2) is 16.1 Å². The van der Waals surface area contributed by atoms with Crippen LogP contribution in [0, 0.1) is 5.82 Å². The largest absolute Gasteiger partial charge is 0.376 e. The number of anilines is 1. The second-order valence-electron chi connectivity index (χ2n) is 6.74. The number of amides is 1. The molecule has 0 spiro atoms. The number of hydrogen-bond acceptors (Lipinski definition) is 6. The van der Waals surface area contributed by atoms with E-state index in [9.17, 15) is 9.18 Å². The normalized spacial score (nSPS) is 16.0.